The summed E-state index contributed by atoms with van der Waals surface area (Å²) < 4.78 is 0. The molecule has 1 fully saturated rings. The van der Waals surface area contributed by atoms with E-state index >= 15 is 0 Å². The van der Waals surface area contributed by atoms with Gasteiger partial charge in [-0.15, -0.1) is 0 Å². The van der Waals surface area contributed by atoms with Crippen LogP contribution in [0.3, 0.4) is 0 Å². The van der Waals surface area contributed by atoms with E-state index in [1.165, 1.54) is 50.8 Å². The van der Waals surface area contributed by atoms with Crippen LogP contribution in [0.15, 0.2) is 24.3 Å². The lowest BCUT2D eigenvalue weighted by Gasteiger charge is -2.33. The number of benzene rings is 1. The Morgan fingerprint density at radius 3 is 2.84 bits per heavy atom. The van der Waals surface area contributed by atoms with Gasteiger partial charge >= 0.3 is 0 Å². The van der Waals surface area contributed by atoms with Crippen LogP contribution in [0.5, 0.6) is 0 Å². The molecule has 0 radical (unpaired) electrons. The van der Waals surface area contributed by atoms with Crippen molar-refractivity contribution in [1.29, 1.82) is 0 Å². The van der Waals surface area contributed by atoms with Crippen LogP contribution in [0.4, 0.5) is 0 Å². The summed E-state index contributed by atoms with van der Waals surface area (Å²) in [5.41, 5.74) is 3.08. The number of nitrogens with one attached hydrogen (secondary N) is 1. The number of aryl methyl sites for hydroxylation is 1. The monoisotopic (exact) mass is 258 g/mol. The summed E-state index contributed by atoms with van der Waals surface area (Å²) in [6.07, 6.45) is 6.71. The Balaban J connectivity index is 1.52. The topological polar surface area (TPSA) is 15.3 Å². The normalized spacial score (nSPS) is 25.2. The average molecular weight is 258 g/mol. The van der Waals surface area contributed by atoms with Crippen molar-refractivity contribution in [1.82, 2.24) is 10.2 Å². The number of rotatable bonds is 4. The minimum atomic E-state index is 0.587. The molecule has 1 aromatic rings. The van der Waals surface area contributed by atoms with Gasteiger partial charge in [0.1, 0.15) is 0 Å². The van der Waals surface area contributed by atoms with Crippen LogP contribution in [-0.2, 0) is 6.42 Å². The molecule has 1 saturated heterocycles. The van der Waals surface area contributed by atoms with Gasteiger partial charge in [0, 0.05) is 18.6 Å². The van der Waals surface area contributed by atoms with E-state index in [1.54, 1.807) is 5.56 Å². The summed E-state index contributed by atoms with van der Waals surface area (Å²) in [5.74, 6) is 0. The van der Waals surface area contributed by atoms with E-state index in [0.29, 0.717) is 12.1 Å². The highest BCUT2D eigenvalue weighted by Crippen LogP contribution is 2.30. The molecule has 104 valence electrons. The minimum absolute atomic E-state index is 0.587. The largest absolute Gasteiger partial charge is 0.308 e. The number of hydrogen-bond acceptors (Lipinski definition) is 2. The van der Waals surface area contributed by atoms with Gasteiger partial charge in [0.15, 0.2) is 0 Å². The van der Waals surface area contributed by atoms with Gasteiger partial charge in [0.2, 0.25) is 0 Å². The van der Waals surface area contributed by atoms with Crippen molar-refractivity contribution in [3.63, 3.8) is 0 Å². The first-order valence-electron chi connectivity index (χ1n) is 7.90. The molecule has 1 aliphatic heterocycles. The molecule has 2 unspecified atom stereocenters. The summed E-state index contributed by atoms with van der Waals surface area (Å²) >= 11 is 0. The molecule has 19 heavy (non-hydrogen) atoms. The molecule has 0 aromatic heterocycles. The smallest absolute Gasteiger partial charge is 0.0326 e. The van der Waals surface area contributed by atoms with Crippen LogP contribution in [-0.4, -0.2) is 30.6 Å². The highest BCUT2D eigenvalue weighted by molar-refractivity contribution is 5.34. The maximum atomic E-state index is 3.79. The number of likely N-dealkylation sites (tertiary alicyclic amines) is 1. The van der Waals surface area contributed by atoms with E-state index in [0.717, 1.165) is 6.54 Å². The van der Waals surface area contributed by atoms with Crippen LogP contribution in [0, 0.1) is 0 Å². The molecule has 3 rings (SSSR count). The molecule has 0 amide bonds. The third-order valence-electron chi connectivity index (χ3n) is 4.81. The standard InChI is InChI=1S/C17H26N2/c1-14(19-11-5-2-6-12-19)13-18-17-10-9-15-7-3-4-8-16(15)17/h3-4,7-8,14,17-18H,2,5-6,9-13H2,1H3. The molecule has 0 bridgehead atoms. The predicted octanol–water partition coefficient (Wildman–Crippen LogP) is 3.14. The summed E-state index contributed by atoms with van der Waals surface area (Å²) in [6, 6.07) is 10.2. The third kappa shape index (κ3) is 3.01. The Hall–Kier alpha value is -0.860. The van der Waals surface area contributed by atoms with E-state index in [4.69, 9.17) is 0 Å². The Morgan fingerprint density at radius 1 is 1.21 bits per heavy atom. The quantitative estimate of drug-likeness (QED) is 0.892. The Kier molecular flexibility index (Phi) is 4.19. The maximum Gasteiger partial charge on any atom is 0.0326 e. The lowest BCUT2D eigenvalue weighted by molar-refractivity contribution is 0.168. The highest BCUT2D eigenvalue weighted by Gasteiger charge is 2.23. The molecule has 2 heteroatoms. The van der Waals surface area contributed by atoms with Gasteiger partial charge in [0.05, 0.1) is 0 Å². The first-order valence-corrected chi connectivity index (χ1v) is 7.90. The fraction of sp³-hybridized carbons (Fsp3) is 0.647. The van der Waals surface area contributed by atoms with Gasteiger partial charge in [-0.05, 0) is 56.8 Å². The lowest BCUT2D eigenvalue weighted by atomic mass is 10.1. The summed E-state index contributed by atoms with van der Waals surface area (Å²) in [4.78, 5) is 2.65. The highest BCUT2D eigenvalue weighted by atomic mass is 15.2. The first kappa shape index (κ1) is 13.1. The summed E-state index contributed by atoms with van der Waals surface area (Å²) in [7, 11) is 0. The summed E-state index contributed by atoms with van der Waals surface area (Å²) in [5, 5.41) is 3.79. The van der Waals surface area contributed by atoms with E-state index < -0.39 is 0 Å². The Morgan fingerprint density at radius 2 is 2.00 bits per heavy atom. The van der Waals surface area contributed by atoms with E-state index in [-0.39, 0.29) is 0 Å². The molecule has 2 aliphatic rings. The van der Waals surface area contributed by atoms with Gasteiger partial charge in [0.25, 0.3) is 0 Å². The second-order valence-electron chi connectivity index (χ2n) is 6.14. The minimum Gasteiger partial charge on any atom is -0.308 e. The molecule has 0 spiro atoms. The maximum absolute atomic E-state index is 3.79. The van der Waals surface area contributed by atoms with Crippen LogP contribution in [0.1, 0.15) is 49.8 Å². The average Bonchev–Trinajstić information content (AvgIpc) is 2.89. The molecule has 1 N–H and O–H groups in total. The Labute approximate surface area is 117 Å². The SMILES string of the molecule is CC(CNC1CCc2ccccc21)N1CCCCC1. The van der Waals surface area contributed by atoms with Crippen molar-refractivity contribution in [2.45, 2.75) is 51.1 Å². The third-order valence-corrected chi connectivity index (χ3v) is 4.81. The zero-order valence-electron chi connectivity index (χ0n) is 12.1. The first-order chi connectivity index (χ1) is 9.34. The van der Waals surface area contributed by atoms with E-state index in [9.17, 15) is 0 Å². The van der Waals surface area contributed by atoms with E-state index in [1.807, 2.05) is 0 Å². The predicted molar refractivity (Wildman–Crippen MR) is 80.4 cm³/mol. The fourth-order valence-corrected chi connectivity index (χ4v) is 3.57. The molecule has 1 aromatic carbocycles. The molecule has 2 nitrogen and oxygen atoms in total. The van der Waals surface area contributed by atoms with Crippen molar-refractivity contribution in [2.75, 3.05) is 19.6 Å². The van der Waals surface area contributed by atoms with Crippen LogP contribution in [0.2, 0.25) is 0 Å². The van der Waals surface area contributed by atoms with Gasteiger partial charge < -0.3 is 5.32 Å². The Bertz CT molecular complexity index is 409. The second-order valence-corrected chi connectivity index (χ2v) is 6.14. The van der Waals surface area contributed by atoms with Crippen molar-refractivity contribution < 1.29 is 0 Å². The van der Waals surface area contributed by atoms with Crippen molar-refractivity contribution in [3.8, 4) is 0 Å². The van der Waals surface area contributed by atoms with Gasteiger partial charge in [-0.2, -0.15) is 0 Å². The van der Waals surface area contributed by atoms with Gasteiger partial charge in [-0.1, -0.05) is 30.7 Å². The molecule has 1 heterocycles. The molecule has 1 aliphatic carbocycles. The number of nitrogens with zero attached hydrogens (tertiary/aromatic N) is 1. The lowest BCUT2D eigenvalue weighted by Crippen LogP contribution is -2.43. The van der Waals surface area contributed by atoms with Crippen molar-refractivity contribution in [3.05, 3.63) is 35.4 Å². The van der Waals surface area contributed by atoms with Crippen LogP contribution < -0.4 is 5.32 Å². The molecular formula is C17H26N2. The number of piperidine rings is 1. The van der Waals surface area contributed by atoms with Crippen molar-refractivity contribution >= 4 is 0 Å². The fourth-order valence-electron chi connectivity index (χ4n) is 3.57. The molecule has 2 atom stereocenters. The molecular weight excluding hydrogens is 232 g/mol. The zero-order chi connectivity index (χ0) is 13.1. The van der Waals surface area contributed by atoms with Gasteiger partial charge in [-0.3, -0.25) is 4.90 Å². The number of fused-ring (bicyclic) bond motifs is 1. The van der Waals surface area contributed by atoms with Gasteiger partial charge in [-0.25, -0.2) is 0 Å². The van der Waals surface area contributed by atoms with Crippen molar-refractivity contribution in [2.24, 2.45) is 0 Å². The van der Waals surface area contributed by atoms with Crippen LogP contribution >= 0.6 is 0 Å². The molecule has 0 saturated carbocycles. The summed E-state index contributed by atoms with van der Waals surface area (Å²) in [6.45, 7) is 6.09. The number of hydrogen-bond donors (Lipinski definition) is 1. The van der Waals surface area contributed by atoms with E-state index in [2.05, 4.69) is 41.4 Å². The van der Waals surface area contributed by atoms with Crippen LogP contribution in [0.25, 0.3) is 0 Å². The second kappa shape index (κ2) is 6.06. The zero-order valence-corrected chi connectivity index (χ0v) is 12.1.